The highest BCUT2D eigenvalue weighted by atomic mass is 19.1. The number of aliphatic hydroxyl groups excluding tert-OH is 1. The highest BCUT2D eigenvalue weighted by Gasteiger charge is 2.26. The number of rotatable bonds is 7. The Morgan fingerprint density at radius 3 is 2.50 bits per heavy atom. The van der Waals surface area contributed by atoms with Crippen LogP contribution in [0.5, 0.6) is 11.5 Å². The minimum atomic E-state index is -0.924. The molecule has 0 unspecified atom stereocenters. The van der Waals surface area contributed by atoms with Gasteiger partial charge in [0.2, 0.25) is 5.75 Å². The summed E-state index contributed by atoms with van der Waals surface area (Å²) >= 11 is 0. The maximum Gasteiger partial charge on any atom is 0.315 e. The summed E-state index contributed by atoms with van der Waals surface area (Å²) in [5, 5.41) is 41.3. The number of amides is 1. The lowest BCUT2D eigenvalue weighted by Crippen LogP contribution is -2.44. The number of nitro benzene ring substituents is 1. The first-order chi connectivity index (χ1) is 17.1. The maximum absolute atomic E-state index is 14.9. The maximum atomic E-state index is 14.9. The van der Waals surface area contributed by atoms with Crippen molar-refractivity contribution in [3.8, 4) is 17.6 Å². The number of halogens is 1. The van der Waals surface area contributed by atoms with Gasteiger partial charge in [-0.3, -0.25) is 14.9 Å². The van der Waals surface area contributed by atoms with Gasteiger partial charge in [0.25, 0.3) is 5.91 Å². The molecule has 2 aromatic rings. The number of likely N-dealkylation sites (N-methyl/N-ethyl adjacent to an activating group) is 2. The van der Waals surface area contributed by atoms with Crippen LogP contribution in [0.25, 0.3) is 5.76 Å². The molecule has 1 aliphatic rings. The number of phenols is 1. The summed E-state index contributed by atoms with van der Waals surface area (Å²) in [5.74, 6) is -3.38. The Hall–Kier alpha value is -4.37. The zero-order valence-corrected chi connectivity index (χ0v) is 20.1. The first-order valence-corrected chi connectivity index (χ1v) is 10.9. The van der Waals surface area contributed by atoms with Crippen LogP contribution in [0.15, 0.2) is 35.9 Å². The van der Waals surface area contributed by atoms with Crippen molar-refractivity contribution in [2.75, 3.05) is 52.3 Å². The zero-order chi connectivity index (χ0) is 26.6. The van der Waals surface area contributed by atoms with Gasteiger partial charge in [-0.2, -0.15) is 5.26 Å². The van der Waals surface area contributed by atoms with Gasteiger partial charge in [-0.1, -0.05) is 6.07 Å². The molecule has 0 aliphatic carbocycles. The van der Waals surface area contributed by atoms with Gasteiger partial charge in [-0.15, -0.1) is 0 Å². The first-order valence-electron chi connectivity index (χ1n) is 10.9. The van der Waals surface area contributed by atoms with Crippen molar-refractivity contribution >= 4 is 23.0 Å². The summed E-state index contributed by atoms with van der Waals surface area (Å²) in [6.07, 6.45) is 0. The van der Waals surface area contributed by atoms with Gasteiger partial charge in [0, 0.05) is 62.7 Å². The lowest BCUT2D eigenvalue weighted by Gasteiger charge is -2.34. The van der Waals surface area contributed by atoms with Gasteiger partial charge in [-0.25, -0.2) is 4.39 Å². The van der Waals surface area contributed by atoms with Gasteiger partial charge in [-0.05, 0) is 25.2 Å². The number of methoxy groups -OCH3 is 1. The van der Waals surface area contributed by atoms with Crippen LogP contribution in [-0.4, -0.2) is 78.2 Å². The van der Waals surface area contributed by atoms with Gasteiger partial charge in [0.1, 0.15) is 17.6 Å². The summed E-state index contributed by atoms with van der Waals surface area (Å²) in [7, 11) is 4.51. The molecule has 12 heteroatoms. The number of phenolic OH excluding ortho intramolecular Hbond substituents is 1. The predicted molar refractivity (Wildman–Crippen MR) is 129 cm³/mol. The number of nitrogens with zero attached hydrogens (tertiary/aromatic N) is 5. The molecule has 1 aliphatic heterocycles. The lowest BCUT2D eigenvalue weighted by molar-refractivity contribution is -0.386. The van der Waals surface area contributed by atoms with Crippen molar-refractivity contribution in [2.45, 2.75) is 6.54 Å². The molecule has 36 heavy (non-hydrogen) atoms. The standard InChI is InChI=1S/C24H26FN5O6/c1-27-6-8-29(9-7-27)17-5-4-15(19(25)12-17)14-28(2)24(33)18(13-26)22(31)16-10-20(30(34)35)23(32)21(11-16)36-3/h4-5,10-12,31-32H,6-9,14H2,1-3H3/b22-18-. The summed E-state index contributed by atoms with van der Waals surface area (Å²) in [6, 6.07) is 8.20. The van der Waals surface area contributed by atoms with Crippen LogP contribution in [0, 0.1) is 27.3 Å². The molecule has 0 spiro atoms. The lowest BCUT2D eigenvalue weighted by atomic mass is 10.1. The molecular weight excluding hydrogens is 473 g/mol. The SMILES string of the molecule is COc1cc(/C(O)=C(\C#N)C(=O)N(C)Cc2ccc(N3CCN(C)CC3)cc2F)cc([N+](=O)[O-])c1O. The van der Waals surface area contributed by atoms with Crippen LogP contribution in [0.2, 0.25) is 0 Å². The van der Waals surface area contributed by atoms with Crippen LogP contribution >= 0.6 is 0 Å². The van der Waals surface area contributed by atoms with Crippen molar-refractivity contribution in [3.05, 3.63) is 63.0 Å². The van der Waals surface area contributed by atoms with E-state index in [0.717, 1.165) is 56.0 Å². The molecular formula is C24H26FN5O6. The van der Waals surface area contributed by atoms with Crippen molar-refractivity contribution in [3.63, 3.8) is 0 Å². The van der Waals surface area contributed by atoms with Crippen molar-refractivity contribution in [2.24, 2.45) is 0 Å². The smallest absolute Gasteiger partial charge is 0.315 e. The molecule has 1 amide bonds. The van der Waals surface area contributed by atoms with E-state index in [1.54, 1.807) is 18.2 Å². The van der Waals surface area contributed by atoms with Crippen LogP contribution in [0.3, 0.4) is 0 Å². The zero-order valence-electron chi connectivity index (χ0n) is 20.1. The Kier molecular flexibility index (Phi) is 7.96. The second kappa shape index (κ2) is 10.9. The molecule has 0 atom stereocenters. The van der Waals surface area contributed by atoms with Gasteiger partial charge >= 0.3 is 5.69 Å². The summed E-state index contributed by atoms with van der Waals surface area (Å²) in [5.41, 5.74) is -0.832. The van der Waals surface area contributed by atoms with E-state index in [2.05, 4.69) is 9.80 Å². The quantitative estimate of drug-likeness (QED) is 0.193. The highest BCUT2D eigenvalue weighted by molar-refractivity contribution is 6.03. The number of aliphatic hydroxyl groups is 1. The molecule has 0 radical (unpaired) electrons. The van der Waals surface area contributed by atoms with E-state index in [-0.39, 0.29) is 23.4 Å². The monoisotopic (exact) mass is 499 g/mol. The van der Waals surface area contributed by atoms with Crippen molar-refractivity contribution < 1.29 is 29.1 Å². The fourth-order valence-corrected chi connectivity index (χ4v) is 3.82. The van der Waals surface area contributed by atoms with Crippen LogP contribution < -0.4 is 9.64 Å². The largest absolute Gasteiger partial charge is 0.506 e. The number of hydrogen-bond acceptors (Lipinski definition) is 9. The van der Waals surface area contributed by atoms with E-state index in [1.807, 2.05) is 7.05 Å². The van der Waals surface area contributed by atoms with E-state index in [0.29, 0.717) is 0 Å². The molecule has 0 bridgehead atoms. The van der Waals surface area contributed by atoms with Crippen LogP contribution in [0.4, 0.5) is 15.8 Å². The minimum absolute atomic E-state index is 0.189. The average Bonchev–Trinajstić information content (AvgIpc) is 2.85. The van der Waals surface area contributed by atoms with Crippen LogP contribution in [-0.2, 0) is 11.3 Å². The average molecular weight is 499 g/mol. The number of carbonyl (C=O) groups is 1. The first kappa shape index (κ1) is 26.2. The molecule has 1 heterocycles. The second-order valence-corrected chi connectivity index (χ2v) is 8.37. The number of piperazine rings is 1. The third-order valence-electron chi connectivity index (χ3n) is 5.97. The Bertz CT molecular complexity index is 1250. The number of aromatic hydroxyl groups is 1. The van der Waals surface area contributed by atoms with E-state index in [1.165, 1.54) is 13.1 Å². The Balaban J connectivity index is 1.84. The number of nitro groups is 1. The van der Waals surface area contributed by atoms with E-state index < -0.39 is 39.4 Å². The molecule has 1 fully saturated rings. The van der Waals surface area contributed by atoms with Gasteiger partial charge in [0.15, 0.2) is 11.3 Å². The number of ether oxygens (including phenoxy) is 1. The fraction of sp³-hybridized carbons (Fsp3) is 0.333. The van der Waals surface area contributed by atoms with Crippen LogP contribution in [0.1, 0.15) is 11.1 Å². The van der Waals surface area contributed by atoms with Gasteiger partial charge in [0.05, 0.1) is 12.0 Å². The molecule has 190 valence electrons. The Labute approximate surface area is 207 Å². The summed E-state index contributed by atoms with van der Waals surface area (Å²) in [6.45, 7) is 3.07. The van der Waals surface area contributed by atoms with E-state index in [9.17, 15) is 34.8 Å². The normalized spacial score (nSPS) is 14.6. The summed E-state index contributed by atoms with van der Waals surface area (Å²) in [4.78, 5) is 28.6. The highest BCUT2D eigenvalue weighted by Crippen LogP contribution is 2.38. The summed E-state index contributed by atoms with van der Waals surface area (Å²) < 4.78 is 19.7. The number of carbonyl (C=O) groups excluding carboxylic acids is 1. The molecule has 1 saturated heterocycles. The Morgan fingerprint density at radius 2 is 1.94 bits per heavy atom. The molecule has 2 N–H and O–H groups in total. The third kappa shape index (κ3) is 5.47. The molecule has 2 aromatic carbocycles. The number of nitriles is 1. The Morgan fingerprint density at radius 1 is 1.28 bits per heavy atom. The molecule has 11 nitrogen and oxygen atoms in total. The van der Waals surface area contributed by atoms with E-state index in [4.69, 9.17) is 4.74 Å². The predicted octanol–water partition coefficient (Wildman–Crippen LogP) is 2.65. The second-order valence-electron chi connectivity index (χ2n) is 8.37. The number of anilines is 1. The fourth-order valence-electron chi connectivity index (χ4n) is 3.82. The molecule has 0 saturated carbocycles. The third-order valence-corrected chi connectivity index (χ3v) is 5.97. The van der Waals surface area contributed by atoms with Crippen molar-refractivity contribution in [1.29, 1.82) is 5.26 Å². The minimum Gasteiger partial charge on any atom is -0.506 e. The number of hydrogen-bond donors (Lipinski definition) is 2. The number of benzene rings is 2. The van der Waals surface area contributed by atoms with Gasteiger partial charge < -0.3 is 29.6 Å². The van der Waals surface area contributed by atoms with E-state index >= 15 is 0 Å². The molecule has 3 rings (SSSR count). The van der Waals surface area contributed by atoms with Crippen molar-refractivity contribution in [1.82, 2.24) is 9.80 Å². The topological polar surface area (TPSA) is 143 Å². The molecule has 0 aromatic heterocycles.